The number of nitrogens with zero attached hydrogens (tertiary/aromatic N) is 2. The van der Waals surface area contributed by atoms with Crippen LogP contribution in [0, 0.1) is 15.9 Å². The second kappa shape index (κ2) is 6.12. The Kier molecular flexibility index (Phi) is 4.27. The normalized spacial score (nSPS) is 10.4. The van der Waals surface area contributed by atoms with Crippen LogP contribution in [-0.4, -0.2) is 28.9 Å². The molecule has 1 amide bonds. The first-order valence-electron chi connectivity index (χ1n) is 6.20. The van der Waals surface area contributed by atoms with Gasteiger partial charge < -0.3 is 10.6 Å². The van der Waals surface area contributed by atoms with Crippen molar-refractivity contribution < 1.29 is 14.1 Å². The van der Waals surface area contributed by atoms with Crippen LogP contribution in [0.1, 0.15) is 6.92 Å². The number of rotatable bonds is 5. The van der Waals surface area contributed by atoms with E-state index >= 15 is 0 Å². The smallest absolute Gasteiger partial charge is 0.281 e. The third kappa shape index (κ3) is 3.22. The number of nitro groups is 1. The van der Waals surface area contributed by atoms with Gasteiger partial charge in [-0.05, 0) is 12.1 Å². The number of nitro benzene ring substituents is 1. The van der Waals surface area contributed by atoms with E-state index in [9.17, 15) is 19.3 Å². The maximum Gasteiger partial charge on any atom is 0.281 e. The van der Waals surface area contributed by atoms with Crippen LogP contribution < -0.4 is 10.6 Å². The van der Waals surface area contributed by atoms with Gasteiger partial charge in [-0.15, -0.1) is 0 Å². The number of fused-ring (bicyclic) bond motifs is 1. The molecular weight excluding hydrogens is 279 g/mol. The molecule has 1 aromatic carbocycles. The van der Waals surface area contributed by atoms with E-state index in [2.05, 4.69) is 15.6 Å². The summed E-state index contributed by atoms with van der Waals surface area (Å²) in [6.45, 7) is 1.96. The molecule has 0 unspecified atom stereocenters. The van der Waals surface area contributed by atoms with Crippen molar-refractivity contribution in [2.24, 2.45) is 0 Å². The van der Waals surface area contributed by atoms with Crippen LogP contribution in [0.2, 0.25) is 0 Å². The summed E-state index contributed by atoms with van der Waals surface area (Å²) in [5.74, 6) is -0.945. The predicted octanol–water partition coefficient (Wildman–Crippen LogP) is 1.83. The van der Waals surface area contributed by atoms with E-state index in [-0.39, 0.29) is 34.7 Å². The third-order valence-corrected chi connectivity index (χ3v) is 2.82. The molecule has 21 heavy (non-hydrogen) atoms. The molecule has 1 aromatic heterocycles. The van der Waals surface area contributed by atoms with Crippen LogP contribution in [-0.2, 0) is 4.79 Å². The standard InChI is InChI=1S/C13H13FN4O3/c1-8(19)15-5-6-17-13-10(14)7-11(18(20)21)9-3-2-4-16-12(9)13/h2-4,7,17H,5-6H2,1H3,(H,15,19). The Labute approximate surface area is 119 Å². The topological polar surface area (TPSA) is 97.2 Å². The lowest BCUT2D eigenvalue weighted by molar-refractivity contribution is -0.383. The Morgan fingerprint density at radius 3 is 2.90 bits per heavy atom. The Hall–Kier alpha value is -2.77. The van der Waals surface area contributed by atoms with Crippen molar-refractivity contribution in [2.45, 2.75) is 6.92 Å². The van der Waals surface area contributed by atoms with Gasteiger partial charge in [0.1, 0.15) is 5.52 Å². The predicted molar refractivity (Wildman–Crippen MR) is 75.5 cm³/mol. The number of hydrogen-bond acceptors (Lipinski definition) is 5. The quantitative estimate of drug-likeness (QED) is 0.498. The summed E-state index contributed by atoms with van der Waals surface area (Å²) in [6, 6.07) is 3.93. The molecule has 0 atom stereocenters. The first kappa shape index (κ1) is 14.6. The molecule has 8 heteroatoms. The summed E-state index contributed by atoms with van der Waals surface area (Å²) in [6.07, 6.45) is 1.44. The van der Waals surface area contributed by atoms with E-state index in [1.54, 1.807) is 6.07 Å². The van der Waals surface area contributed by atoms with Gasteiger partial charge in [0.25, 0.3) is 5.69 Å². The molecule has 0 saturated carbocycles. The Morgan fingerprint density at radius 1 is 1.48 bits per heavy atom. The number of pyridine rings is 1. The van der Waals surface area contributed by atoms with Crippen molar-refractivity contribution in [1.29, 1.82) is 0 Å². The number of carbonyl (C=O) groups is 1. The molecule has 110 valence electrons. The van der Waals surface area contributed by atoms with Crippen molar-refractivity contribution >= 4 is 28.2 Å². The van der Waals surface area contributed by atoms with E-state index in [0.29, 0.717) is 6.54 Å². The van der Waals surface area contributed by atoms with Crippen molar-refractivity contribution in [3.05, 3.63) is 40.3 Å². The fraction of sp³-hybridized carbons (Fsp3) is 0.231. The lowest BCUT2D eigenvalue weighted by atomic mass is 10.1. The molecule has 2 N–H and O–H groups in total. The molecular formula is C13H13FN4O3. The zero-order chi connectivity index (χ0) is 15.4. The van der Waals surface area contributed by atoms with E-state index in [4.69, 9.17) is 0 Å². The first-order chi connectivity index (χ1) is 10.0. The van der Waals surface area contributed by atoms with Gasteiger partial charge >= 0.3 is 0 Å². The van der Waals surface area contributed by atoms with Gasteiger partial charge in [-0.1, -0.05) is 0 Å². The Balaban J connectivity index is 2.35. The third-order valence-electron chi connectivity index (χ3n) is 2.82. The monoisotopic (exact) mass is 292 g/mol. The van der Waals surface area contributed by atoms with Crippen molar-refractivity contribution in [1.82, 2.24) is 10.3 Å². The number of anilines is 1. The number of hydrogen-bond donors (Lipinski definition) is 2. The van der Waals surface area contributed by atoms with Crippen LogP contribution in [0.3, 0.4) is 0 Å². The van der Waals surface area contributed by atoms with Crippen LogP contribution in [0.15, 0.2) is 24.4 Å². The van der Waals surface area contributed by atoms with E-state index < -0.39 is 10.7 Å². The largest absolute Gasteiger partial charge is 0.379 e. The first-order valence-corrected chi connectivity index (χ1v) is 6.20. The highest BCUT2D eigenvalue weighted by Crippen LogP contribution is 2.32. The maximum atomic E-state index is 14.0. The lowest BCUT2D eigenvalue weighted by Gasteiger charge is -2.10. The summed E-state index contributed by atoms with van der Waals surface area (Å²) < 4.78 is 14.0. The number of halogens is 1. The van der Waals surface area contributed by atoms with Gasteiger partial charge in [0.05, 0.1) is 22.1 Å². The fourth-order valence-electron chi connectivity index (χ4n) is 1.94. The molecule has 0 radical (unpaired) electrons. The minimum atomic E-state index is -0.754. The SMILES string of the molecule is CC(=O)NCCNc1c(F)cc([N+](=O)[O-])c2cccnc12. The number of benzene rings is 1. The average molecular weight is 292 g/mol. The number of nitrogens with one attached hydrogen (secondary N) is 2. The summed E-state index contributed by atoms with van der Waals surface area (Å²) in [5, 5.41) is 16.6. The zero-order valence-corrected chi connectivity index (χ0v) is 11.2. The maximum absolute atomic E-state index is 14.0. The van der Waals surface area contributed by atoms with Crippen LogP contribution >= 0.6 is 0 Å². The number of carbonyl (C=O) groups excluding carboxylic acids is 1. The summed E-state index contributed by atoms with van der Waals surface area (Å²) in [5.41, 5.74) is -0.0587. The van der Waals surface area contributed by atoms with Crippen LogP contribution in [0.4, 0.5) is 15.8 Å². The minimum absolute atomic E-state index is 0.0848. The fourth-order valence-corrected chi connectivity index (χ4v) is 1.94. The van der Waals surface area contributed by atoms with E-state index in [0.717, 1.165) is 6.07 Å². The second-order valence-corrected chi connectivity index (χ2v) is 4.32. The molecule has 0 spiro atoms. The van der Waals surface area contributed by atoms with Gasteiger partial charge in [0, 0.05) is 26.2 Å². The number of aromatic nitrogens is 1. The number of amides is 1. The summed E-state index contributed by atoms with van der Waals surface area (Å²) >= 11 is 0. The minimum Gasteiger partial charge on any atom is -0.379 e. The van der Waals surface area contributed by atoms with Gasteiger partial charge in [-0.2, -0.15) is 0 Å². The van der Waals surface area contributed by atoms with E-state index in [1.807, 2.05) is 0 Å². The molecule has 0 fully saturated rings. The van der Waals surface area contributed by atoms with Crippen molar-refractivity contribution in [3.8, 4) is 0 Å². The molecule has 7 nitrogen and oxygen atoms in total. The van der Waals surface area contributed by atoms with Gasteiger partial charge in [0.15, 0.2) is 5.82 Å². The highest BCUT2D eigenvalue weighted by molar-refractivity contribution is 5.97. The molecule has 1 heterocycles. The molecule has 2 aromatic rings. The molecule has 0 saturated heterocycles. The highest BCUT2D eigenvalue weighted by atomic mass is 19.1. The molecule has 0 aliphatic rings. The molecule has 0 aliphatic heterocycles. The van der Waals surface area contributed by atoms with E-state index in [1.165, 1.54) is 19.2 Å². The Bertz CT molecular complexity index is 705. The van der Waals surface area contributed by atoms with Crippen LogP contribution in [0.25, 0.3) is 10.9 Å². The number of non-ortho nitro benzene ring substituents is 1. The van der Waals surface area contributed by atoms with Gasteiger partial charge in [-0.3, -0.25) is 19.9 Å². The van der Waals surface area contributed by atoms with Crippen molar-refractivity contribution in [2.75, 3.05) is 18.4 Å². The summed E-state index contributed by atoms with van der Waals surface area (Å²) in [4.78, 5) is 25.1. The van der Waals surface area contributed by atoms with Gasteiger partial charge in [0.2, 0.25) is 5.91 Å². The zero-order valence-electron chi connectivity index (χ0n) is 11.2. The van der Waals surface area contributed by atoms with Gasteiger partial charge in [-0.25, -0.2) is 4.39 Å². The molecule has 2 rings (SSSR count). The highest BCUT2D eigenvalue weighted by Gasteiger charge is 2.19. The average Bonchev–Trinajstić information content (AvgIpc) is 2.44. The Morgan fingerprint density at radius 2 is 2.24 bits per heavy atom. The summed E-state index contributed by atoms with van der Waals surface area (Å²) in [7, 11) is 0. The molecule has 0 aliphatic carbocycles. The van der Waals surface area contributed by atoms with Crippen molar-refractivity contribution in [3.63, 3.8) is 0 Å². The molecule has 0 bridgehead atoms. The second-order valence-electron chi connectivity index (χ2n) is 4.32. The lowest BCUT2D eigenvalue weighted by Crippen LogP contribution is -2.26. The van der Waals surface area contributed by atoms with Crippen LogP contribution in [0.5, 0.6) is 0 Å².